The van der Waals surface area contributed by atoms with Gasteiger partial charge in [0, 0.05) is 4.75 Å². The molecule has 0 aliphatic carbocycles. The molecule has 172 valence electrons. The van der Waals surface area contributed by atoms with Crippen molar-refractivity contribution in [1.82, 2.24) is 10.2 Å². The Hall–Kier alpha value is -3.33. The summed E-state index contributed by atoms with van der Waals surface area (Å²) in [5.74, 6) is -4.20. The molecule has 0 bridgehead atoms. The van der Waals surface area contributed by atoms with E-state index in [2.05, 4.69) is 5.32 Å². The molecule has 2 aliphatic heterocycles. The second-order valence-corrected chi connectivity index (χ2v) is 10.3. The average Bonchev–Trinajstić information content (AvgIpc) is 3.05. The molecule has 8 nitrogen and oxygen atoms in total. The normalized spacial score (nSPS) is 23.8. The van der Waals surface area contributed by atoms with Crippen LogP contribution in [-0.4, -0.2) is 56.0 Å². The zero-order chi connectivity index (χ0) is 23.8. The van der Waals surface area contributed by atoms with Crippen molar-refractivity contribution in [2.75, 3.05) is 0 Å². The highest BCUT2D eigenvalue weighted by Gasteiger charge is 2.64. The van der Waals surface area contributed by atoms with Gasteiger partial charge in [-0.2, -0.15) is 0 Å². The van der Waals surface area contributed by atoms with Gasteiger partial charge in [0.15, 0.2) is 5.92 Å². The van der Waals surface area contributed by atoms with Crippen LogP contribution in [0.25, 0.3) is 0 Å². The molecule has 2 saturated heterocycles. The summed E-state index contributed by atoms with van der Waals surface area (Å²) in [5.41, 5.74) is 1.23. The van der Waals surface area contributed by atoms with Crippen molar-refractivity contribution in [2.24, 2.45) is 0 Å². The van der Waals surface area contributed by atoms with Crippen LogP contribution in [0.5, 0.6) is 0 Å². The standard InChI is InChI=1S/C24H24N2O6S/c1-24(2)18(22(29)30)26-20(28)17(21(26)33-24)25-19(27)16(15-11-7-4-8-12-15)23(31)32-13-14-9-5-3-6-10-14/h3-12,16-18,21H,13H2,1-2H3,(H,25,27)(H,29,30)/t16?,17?,18?,21-/m1/s1. The molecule has 2 aromatic rings. The molecule has 2 amide bonds. The number of carboxylic acid groups (broad SMARTS) is 1. The van der Waals surface area contributed by atoms with Gasteiger partial charge in [0.25, 0.3) is 0 Å². The second-order valence-electron chi connectivity index (χ2n) is 8.52. The summed E-state index contributed by atoms with van der Waals surface area (Å²) in [6.45, 7) is 3.53. The number of benzene rings is 2. The van der Waals surface area contributed by atoms with Crippen molar-refractivity contribution in [3.63, 3.8) is 0 Å². The number of esters is 1. The minimum absolute atomic E-state index is 0.0133. The first-order valence-corrected chi connectivity index (χ1v) is 11.4. The van der Waals surface area contributed by atoms with Crippen molar-refractivity contribution < 1.29 is 29.0 Å². The van der Waals surface area contributed by atoms with Crippen molar-refractivity contribution in [3.05, 3.63) is 71.8 Å². The maximum Gasteiger partial charge on any atom is 0.327 e. The topological polar surface area (TPSA) is 113 Å². The number of carbonyl (C=O) groups excluding carboxylic acids is 3. The average molecular weight is 469 g/mol. The van der Waals surface area contributed by atoms with Crippen LogP contribution in [0.2, 0.25) is 0 Å². The van der Waals surface area contributed by atoms with Crippen LogP contribution in [0.15, 0.2) is 60.7 Å². The predicted octanol–water partition coefficient (Wildman–Crippen LogP) is 2.15. The van der Waals surface area contributed by atoms with E-state index in [1.165, 1.54) is 16.7 Å². The first-order valence-electron chi connectivity index (χ1n) is 10.5. The van der Waals surface area contributed by atoms with Crippen molar-refractivity contribution in [2.45, 2.75) is 48.6 Å². The fourth-order valence-electron chi connectivity index (χ4n) is 4.23. The fourth-order valence-corrected chi connectivity index (χ4v) is 5.86. The van der Waals surface area contributed by atoms with E-state index in [0.29, 0.717) is 5.56 Å². The van der Waals surface area contributed by atoms with E-state index in [0.717, 1.165) is 5.56 Å². The third kappa shape index (κ3) is 4.32. The molecule has 0 spiro atoms. The quantitative estimate of drug-likeness (QED) is 0.364. The molecule has 0 radical (unpaired) electrons. The number of carboxylic acids is 1. The monoisotopic (exact) mass is 468 g/mol. The van der Waals surface area contributed by atoms with Crippen LogP contribution < -0.4 is 5.32 Å². The molecule has 2 aromatic carbocycles. The van der Waals surface area contributed by atoms with Gasteiger partial charge < -0.3 is 20.1 Å². The van der Waals surface area contributed by atoms with Gasteiger partial charge in [0.2, 0.25) is 11.8 Å². The van der Waals surface area contributed by atoms with Crippen molar-refractivity contribution in [3.8, 4) is 0 Å². The molecule has 9 heteroatoms. The predicted molar refractivity (Wildman–Crippen MR) is 121 cm³/mol. The maximum absolute atomic E-state index is 13.2. The number of nitrogens with zero attached hydrogens (tertiary/aromatic N) is 1. The fraction of sp³-hybridized carbons (Fsp3) is 0.333. The maximum atomic E-state index is 13.2. The van der Waals surface area contributed by atoms with E-state index in [9.17, 15) is 24.3 Å². The summed E-state index contributed by atoms with van der Waals surface area (Å²) >= 11 is 1.32. The van der Waals surface area contributed by atoms with Gasteiger partial charge in [0.05, 0.1) is 0 Å². The number of β-lactam (4-membered cyclic amide) rings is 1. The van der Waals surface area contributed by atoms with Gasteiger partial charge in [-0.1, -0.05) is 60.7 Å². The van der Waals surface area contributed by atoms with Gasteiger partial charge in [-0.05, 0) is 25.0 Å². The lowest BCUT2D eigenvalue weighted by Gasteiger charge is -2.43. The highest BCUT2D eigenvalue weighted by Crippen LogP contribution is 2.50. The van der Waals surface area contributed by atoms with Gasteiger partial charge in [-0.3, -0.25) is 14.4 Å². The molecule has 2 heterocycles. The Bertz CT molecular complexity index is 1070. The lowest BCUT2D eigenvalue weighted by molar-refractivity contribution is -0.161. The number of aliphatic carboxylic acids is 1. The molecule has 4 rings (SSSR count). The summed E-state index contributed by atoms with van der Waals surface area (Å²) in [6, 6.07) is 15.7. The van der Waals surface area contributed by atoms with Crippen LogP contribution in [0.4, 0.5) is 0 Å². The summed E-state index contributed by atoms with van der Waals surface area (Å²) in [4.78, 5) is 51.9. The Morgan fingerprint density at radius 3 is 2.30 bits per heavy atom. The molecule has 33 heavy (non-hydrogen) atoms. The van der Waals surface area contributed by atoms with E-state index >= 15 is 0 Å². The van der Waals surface area contributed by atoms with Gasteiger partial charge in [0.1, 0.15) is 24.1 Å². The molecule has 3 unspecified atom stereocenters. The Balaban J connectivity index is 1.50. The van der Waals surface area contributed by atoms with Crippen molar-refractivity contribution >= 4 is 35.5 Å². The van der Waals surface area contributed by atoms with Crippen molar-refractivity contribution in [1.29, 1.82) is 0 Å². The number of thioether (sulfide) groups is 1. The Morgan fingerprint density at radius 2 is 1.70 bits per heavy atom. The van der Waals surface area contributed by atoms with Crippen LogP contribution >= 0.6 is 11.8 Å². The zero-order valence-electron chi connectivity index (χ0n) is 18.1. The van der Waals surface area contributed by atoms with Gasteiger partial charge >= 0.3 is 11.9 Å². The smallest absolute Gasteiger partial charge is 0.327 e. The third-order valence-corrected chi connectivity index (χ3v) is 7.40. The Morgan fingerprint density at radius 1 is 1.09 bits per heavy atom. The molecular weight excluding hydrogens is 444 g/mol. The van der Waals surface area contributed by atoms with Crippen LogP contribution in [0, 0.1) is 0 Å². The molecule has 4 atom stereocenters. The highest BCUT2D eigenvalue weighted by atomic mass is 32.2. The lowest BCUT2D eigenvalue weighted by atomic mass is 9.94. The molecular formula is C24H24N2O6S. The summed E-state index contributed by atoms with van der Waals surface area (Å²) in [5, 5.41) is 11.7. The number of amides is 2. The molecule has 2 N–H and O–H groups in total. The molecule has 0 saturated carbocycles. The Labute approximate surface area is 195 Å². The van der Waals surface area contributed by atoms with Crippen LogP contribution in [0.3, 0.4) is 0 Å². The Kier molecular flexibility index (Phi) is 6.16. The number of rotatable bonds is 7. The number of ether oxygens (including phenoxy) is 1. The summed E-state index contributed by atoms with van der Waals surface area (Å²) in [6.07, 6.45) is 0. The number of fused-ring (bicyclic) bond motifs is 1. The van der Waals surface area contributed by atoms with E-state index in [-0.39, 0.29) is 6.61 Å². The summed E-state index contributed by atoms with van der Waals surface area (Å²) < 4.78 is 4.71. The number of hydrogen-bond acceptors (Lipinski definition) is 6. The summed E-state index contributed by atoms with van der Waals surface area (Å²) in [7, 11) is 0. The highest BCUT2D eigenvalue weighted by molar-refractivity contribution is 8.01. The minimum Gasteiger partial charge on any atom is -0.480 e. The SMILES string of the molecule is CC1(C)S[C@@H]2C(NC(=O)C(C(=O)OCc3ccccc3)c3ccccc3)C(=O)N2C1C(=O)O. The third-order valence-electron chi connectivity index (χ3n) is 5.83. The molecule has 2 aliphatic rings. The van der Waals surface area contributed by atoms with Crippen LogP contribution in [-0.2, 0) is 30.5 Å². The minimum atomic E-state index is -1.26. The number of hydrogen-bond donors (Lipinski definition) is 2. The second kappa shape index (κ2) is 8.90. The molecule has 2 fully saturated rings. The van der Waals surface area contributed by atoms with Gasteiger partial charge in [-0.15, -0.1) is 11.8 Å². The lowest BCUT2D eigenvalue weighted by Crippen LogP contribution is -2.71. The first-order chi connectivity index (χ1) is 15.7. The van der Waals surface area contributed by atoms with E-state index in [4.69, 9.17) is 4.74 Å². The number of nitrogens with one attached hydrogen (secondary N) is 1. The van der Waals surface area contributed by atoms with E-state index < -0.39 is 51.9 Å². The molecule has 0 aromatic heterocycles. The van der Waals surface area contributed by atoms with E-state index in [1.807, 2.05) is 30.3 Å². The van der Waals surface area contributed by atoms with E-state index in [1.54, 1.807) is 44.2 Å². The first kappa shape index (κ1) is 22.8. The van der Waals surface area contributed by atoms with Crippen LogP contribution in [0.1, 0.15) is 30.9 Å². The zero-order valence-corrected chi connectivity index (χ0v) is 19.0. The number of carbonyl (C=O) groups is 4. The largest absolute Gasteiger partial charge is 0.480 e. The van der Waals surface area contributed by atoms with Gasteiger partial charge in [-0.25, -0.2) is 4.79 Å².